The zero-order chi connectivity index (χ0) is 22.7. The van der Waals surface area contributed by atoms with Crippen molar-refractivity contribution in [3.63, 3.8) is 0 Å². The molecule has 0 radical (unpaired) electrons. The Kier molecular flexibility index (Phi) is 7.02. The second-order valence-electron chi connectivity index (χ2n) is 10.00. The van der Waals surface area contributed by atoms with Crippen LogP contribution in [0.1, 0.15) is 73.4 Å². The number of carboxylic acids is 1. The summed E-state index contributed by atoms with van der Waals surface area (Å²) in [5, 5.41) is 9.69. The van der Waals surface area contributed by atoms with Gasteiger partial charge in [0, 0.05) is 22.0 Å². The topological polar surface area (TPSA) is 71.4 Å². The molecule has 30 heavy (non-hydrogen) atoms. The van der Waals surface area contributed by atoms with Gasteiger partial charge in [0.2, 0.25) is 0 Å². The average Bonchev–Trinajstić information content (AvgIpc) is 2.66. The summed E-state index contributed by atoms with van der Waals surface area (Å²) in [6.07, 6.45) is 0.754. The molecule has 0 unspecified atom stereocenters. The fraction of sp³-hybridized carbons (Fsp3) is 0.423. The number of carboxylic acid groups (broad SMARTS) is 1. The lowest BCUT2D eigenvalue weighted by molar-refractivity contribution is -0.141. The summed E-state index contributed by atoms with van der Waals surface area (Å²) in [6, 6.07) is 14.4. The fourth-order valence-corrected chi connectivity index (χ4v) is 3.27. The molecular formula is C26H32O4. The number of ketones is 2. The van der Waals surface area contributed by atoms with Crippen LogP contribution in [-0.4, -0.2) is 22.6 Å². The maximum absolute atomic E-state index is 12.4. The largest absolute Gasteiger partial charge is 0.481 e. The number of carbonyl (C=O) groups excluding carboxylic acids is 2. The summed E-state index contributed by atoms with van der Waals surface area (Å²) < 4.78 is 0. The zero-order valence-corrected chi connectivity index (χ0v) is 18.8. The number of rotatable bonds is 7. The lowest BCUT2D eigenvalue weighted by Crippen LogP contribution is -2.21. The van der Waals surface area contributed by atoms with Gasteiger partial charge in [-0.3, -0.25) is 14.4 Å². The molecule has 0 spiro atoms. The maximum Gasteiger partial charge on any atom is 0.307 e. The van der Waals surface area contributed by atoms with Crippen molar-refractivity contribution in [1.82, 2.24) is 0 Å². The fourth-order valence-electron chi connectivity index (χ4n) is 3.27. The number of carbonyl (C=O) groups is 3. The van der Waals surface area contributed by atoms with E-state index in [0.29, 0.717) is 24.0 Å². The lowest BCUT2D eigenvalue weighted by atomic mass is 9.85. The molecule has 1 N–H and O–H groups in total. The van der Waals surface area contributed by atoms with Gasteiger partial charge in [0.05, 0.1) is 5.92 Å². The quantitative estimate of drug-likeness (QED) is 0.603. The van der Waals surface area contributed by atoms with Gasteiger partial charge >= 0.3 is 5.97 Å². The van der Waals surface area contributed by atoms with E-state index in [1.165, 1.54) is 0 Å². The van der Waals surface area contributed by atoms with Crippen molar-refractivity contribution in [3.8, 4) is 0 Å². The summed E-state index contributed by atoms with van der Waals surface area (Å²) in [5.74, 6) is -1.32. The number of aliphatic carboxylic acids is 1. The second-order valence-corrected chi connectivity index (χ2v) is 10.00. The molecule has 0 bridgehead atoms. The van der Waals surface area contributed by atoms with Gasteiger partial charge in [0.15, 0.2) is 11.6 Å². The molecule has 2 aromatic carbocycles. The highest BCUT2D eigenvalue weighted by Gasteiger charge is 2.24. The molecule has 0 atom stereocenters. The van der Waals surface area contributed by atoms with Crippen LogP contribution in [0.4, 0.5) is 0 Å². The Morgan fingerprint density at radius 3 is 1.20 bits per heavy atom. The van der Waals surface area contributed by atoms with E-state index in [-0.39, 0.29) is 11.6 Å². The van der Waals surface area contributed by atoms with E-state index in [0.717, 1.165) is 11.1 Å². The molecule has 0 aromatic heterocycles. The van der Waals surface area contributed by atoms with Crippen LogP contribution in [0.5, 0.6) is 0 Å². The van der Waals surface area contributed by atoms with Crippen molar-refractivity contribution in [2.24, 2.45) is 16.7 Å². The van der Waals surface area contributed by atoms with Crippen LogP contribution in [-0.2, 0) is 17.6 Å². The van der Waals surface area contributed by atoms with E-state index in [4.69, 9.17) is 0 Å². The van der Waals surface area contributed by atoms with Gasteiger partial charge < -0.3 is 5.11 Å². The number of Topliss-reactive ketones (excluding diaryl/α,β-unsaturated/α-hetero) is 2. The summed E-state index contributed by atoms with van der Waals surface area (Å²) in [5.41, 5.74) is 2.13. The van der Waals surface area contributed by atoms with E-state index in [1.54, 1.807) is 24.3 Å². The van der Waals surface area contributed by atoms with Crippen molar-refractivity contribution in [2.45, 2.75) is 54.4 Å². The SMILES string of the molecule is CC(C)(C)C(=O)c1ccc(CC(Cc2ccc(C(=O)C(C)(C)C)cc2)C(=O)O)cc1. The molecule has 0 saturated heterocycles. The predicted octanol–water partition coefficient (Wildman–Crippen LogP) is 5.63. The molecule has 0 fully saturated rings. The van der Waals surface area contributed by atoms with Gasteiger partial charge in [0.25, 0.3) is 0 Å². The molecule has 0 heterocycles. The predicted molar refractivity (Wildman–Crippen MR) is 119 cm³/mol. The Morgan fingerprint density at radius 2 is 0.967 bits per heavy atom. The normalized spacial score (nSPS) is 12.1. The molecule has 160 valence electrons. The summed E-state index contributed by atoms with van der Waals surface area (Å²) in [6.45, 7) is 11.3. The monoisotopic (exact) mass is 408 g/mol. The summed E-state index contributed by atoms with van der Waals surface area (Å²) in [7, 11) is 0. The number of hydrogen-bond acceptors (Lipinski definition) is 3. The highest BCUT2D eigenvalue weighted by molar-refractivity contribution is 6.00. The van der Waals surface area contributed by atoms with Gasteiger partial charge in [-0.15, -0.1) is 0 Å². The van der Waals surface area contributed by atoms with Crippen LogP contribution in [0, 0.1) is 16.7 Å². The standard InChI is InChI=1S/C26H32O4/c1-25(2,3)22(27)19-11-7-17(8-12-19)15-21(24(29)30)16-18-9-13-20(14-10-18)23(28)26(4,5)6/h7-14,21H,15-16H2,1-6H3,(H,29,30). The maximum atomic E-state index is 12.4. The highest BCUT2D eigenvalue weighted by atomic mass is 16.4. The summed E-state index contributed by atoms with van der Waals surface area (Å²) >= 11 is 0. The Hall–Kier alpha value is -2.75. The first-order valence-electron chi connectivity index (χ1n) is 10.3. The second kappa shape index (κ2) is 8.95. The van der Waals surface area contributed by atoms with Gasteiger partial charge in [-0.2, -0.15) is 0 Å². The minimum Gasteiger partial charge on any atom is -0.481 e. The third kappa shape index (κ3) is 6.12. The van der Waals surface area contributed by atoms with Crippen LogP contribution in [0.25, 0.3) is 0 Å². The molecule has 0 aliphatic rings. The lowest BCUT2D eigenvalue weighted by Gasteiger charge is -2.18. The van der Waals surface area contributed by atoms with Crippen LogP contribution >= 0.6 is 0 Å². The van der Waals surface area contributed by atoms with Crippen LogP contribution in [0.2, 0.25) is 0 Å². The van der Waals surface area contributed by atoms with Gasteiger partial charge in [-0.05, 0) is 24.0 Å². The smallest absolute Gasteiger partial charge is 0.307 e. The molecule has 4 heteroatoms. The molecular weight excluding hydrogens is 376 g/mol. The molecule has 2 aromatic rings. The molecule has 4 nitrogen and oxygen atoms in total. The minimum absolute atomic E-state index is 0.0636. The molecule has 0 amide bonds. The summed E-state index contributed by atoms with van der Waals surface area (Å²) in [4.78, 5) is 36.5. The van der Waals surface area contributed by atoms with Crippen LogP contribution < -0.4 is 0 Å². The van der Waals surface area contributed by atoms with Gasteiger partial charge in [-0.25, -0.2) is 0 Å². The minimum atomic E-state index is -0.861. The molecule has 2 rings (SSSR count). The zero-order valence-electron chi connectivity index (χ0n) is 18.8. The van der Waals surface area contributed by atoms with Crippen molar-refractivity contribution in [2.75, 3.05) is 0 Å². The first-order valence-corrected chi connectivity index (χ1v) is 10.3. The first-order chi connectivity index (χ1) is 13.8. The van der Waals surface area contributed by atoms with Crippen LogP contribution in [0.15, 0.2) is 48.5 Å². The van der Waals surface area contributed by atoms with Gasteiger partial charge in [0.1, 0.15) is 0 Å². The van der Waals surface area contributed by atoms with Crippen LogP contribution in [0.3, 0.4) is 0 Å². The molecule has 0 saturated carbocycles. The Balaban J connectivity index is 2.11. The molecule has 0 aliphatic heterocycles. The average molecular weight is 409 g/mol. The Morgan fingerprint density at radius 1 is 0.667 bits per heavy atom. The van der Waals surface area contributed by atoms with Crippen molar-refractivity contribution >= 4 is 17.5 Å². The van der Waals surface area contributed by atoms with E-state index in [2.05, 4.69) is 0 Å². The van der Waals surface area contributed by atoms with E-state index < -0.39 is 22.7 Å². The van der Waals surface area contributed by atoms with E-state index in [9.17, 15) is 19.5 Å². The van der Waals surface area contributed by atoms with E-state index >= 15 is 0 Å². The Bertz CT molecular complexity index is 836. The first kappa shape index (κ1) is 23.5. The highest BCUT2D eigenvalue weighted by Crippen LogP contribution is 2.24. The molecule has 0 aliphatic carbocycles. The van der Waals surface area contributed by atoms with E-state index in [1.807, 2.05) is 65.8 Å². The third-order valence-corrected chi connectivity index (χ3v) is 5.11. The third-order valence-electron chi connectivity index (χ3n) is 5.11. The van der Waals surface area contributed by atoms with Gasteiger partial charge in [-0.1, -0.05) is 90.1 Å². The van der Waals surface area contributed by atoms with Crippen molar-refractivity contribution < 1.29 is 19.5 Å². The van der Waals surface area contributed by atoms with Crippen molar-refractivity contribution in [3.05, 3.63) is 70.8 Å². The Labute approximate surface area is 179 Å². The van der Waals surface area contributed by atoms with Crippen molar-refractivity contribution in [1.29, 1.82) is 0 Å². The number of benzene rings is 2. The number of hydrogen-bond donors (Lipinski definition) is 1.